The molecule has 1 heterocycles. The highest BCUT2D eigenvalue weighted by Gasteiger charge is 2.29. The lowest BCUT2D eigenvalue weighted by molar-refractivity contribution is -0.385. The number of benzene rings is 1. The Morgan fingerprint density at radius 2 is 2.12 bits per heavy atom. The van der Waals surface area contributed by atoms with E-state index in [1.54, 1.807) is 24.3 Å². The minimum Gasteiger partial charge on any atom is -0.481 e. The zero-order valence-electron chi connectivity index (χ0n) is 13.1. The van der Waals surface area contributed by atoms with Gasteiger partial charge in [-0.1, -0.05) is 12.1 Å². The molecule has 2 rings (SSSR count). The van der Waals surface area contributed by atoms with Gasteiger partial charge in [0.25, 0.3) is 5.91 Å². The van der Waals surface area contributed by atoms with Crippen molar-refractivity contribution in [3.63, 3.8) is 0 Å². The third-order valence-corrected chi connectivity index (χ3v) is 3.40. The molecule has 0 aliphatic carbocycles. The first-order valence-corrected chi connectivity index (χ1v) is 7.09. The van der Waals surface area contributed by atoms with E-state index in [0.29, 0.717) is 12.1 Å². The summed E-state index contributed by atoms with van der Waals surface area (Å²) in [6.07, 6.45) is 0.299. The number of rotatable bonds is 6. The molecule has 24 heavy (non-hydrogen) atoms. The van der Waals surface area contributed by atoms with E-state index in [1.165, 1.54) is 14.0 Å². The van der Waals surface area contributed by atoms with Crippen molar-refractivity contribution in [2.45, 2.75) is 19.8 Å². The molecule has 0 spiro atoms. The second-order valence-corrected chi connectivity index (χ2v) is 5.21. The fourth-order valence-corrected chi connectivity index (χ4v) is 2.37. The van der Waals surface area contributed by atoms with Crippen molar-refractivity contribution < 1.29 is 19.6 Å². The predicted octanol–water partition coefficient (Wildman–Crippen LogP) is 1.91. The number of hydrogen-bond acceptors (Lipinski definition) is 5. The summed E-state index contributed by atoms with van der Waals surface area (Å²) < 4.78 is 1.16. The summed E-state index contributed by atoms with van der Waals surface area (Å²) in [4.78, 5) is 33.5. The van der Waals surface area contributed by atoms with Gasteiger partial charge in [-0.25, -0.2) is 0 Å². The Labute approximate surface area is 137 Å². The molecule has 2 aromatic rings. The number of anilines is 1. The molecule has 0 aliphatic heterocycles. The molecule has 1 aromatic carbocycles. The number of carbonyl (C=O) groups is 2. The monoisotopic (exact) mass is 332 g/mol. The SMILES string of the molecule is Cc1nn(C)c(C(=O)Nc2cccc(CCC(=O)O)c2)c1[N+](=O)[O-]. The molecule has 1 amide bonds. The van der Waals surface area contributed by atoms with Crippen LogP contribution in [0.4, 0.5) is 11.4 Å². The smallest absolute Gasteiger partial charge is 0.322 e. The van der Waals surface area contributed by atoms with E-state index in [4.69, 9.17) is 5.11 Å². The number of nitro groups is 1. The fourth-order valence-electron chi connectivity index (χ4n) is 2.37. The number of aryl methyl sites for hydroxylation is 3. The number of carboxylic acids is 1. The first-order chi connectivity index (χ1) is 11.3. The molecule has 0 saturated carbocycles. The number of amides is 1. The number of carbonyl (C=O) groups excluding carboxylic acids is 1. The lowest BCUT2D eigenvalue weighted by Crippen LogP contribution is -2.17. The normalized spacial score (nSPS) is 10.4. The van der Waals surface area contributed by atoms with Gasteiger partial charge in [-0.3, -0.25) is 24.4 Å². The van der Waals surface area contributed by atoms with Crippen LogP contribution < -0.4 is 5.32 Å². The van der Waals surface area contributed by atoms with Gasteiger partial charge in [-0.05, 0) is 31.0 Å². The summed E-state index contributed by atoms with van der Waals surface area (Å²) in [6, 6.07) is 6.68. The number of aromatic nitrogens is 2. The van der Waals surface area contributed by atoms with Crippen LogP contribution in [0.3, 0.4) is 0 Å². The van der Waals surface area contributed by atoms with Crippen LogP contribution in [0.1, 0.15) is 28.2 Å². The van der Waals surface area contributed by atoms with E-state index in [-0.39, 0.29) is 23.5 Å². The van der Waals surface area contributed by atoms with Crippen molar-refractivity contribution in [2.24, 2.45) is 7.05 Å². The highest BCUT2D eigenvalue weighted by Crippen LogP contribution is 2.23. The lowest BCUT2D eigenvalue weighted by atomic mass is 10.1. The minimum atomic E-state index is -0.912. The number of hydrogen-bond donors (Lipinski definition) is 2. The molecule has 0 radical (unpaired) electrons. The number of nitrogens with one attached hydrogen (secondary N) is 1. The topological polar surface area (TPSA) is 127 Å². The average molecular weight is 332 g/mol. The van der Waals surface area contributed by atoms with Crippen LogP contribution in [-0.2, 0) is 18.3 Å². The Hall–Kier alpha value is -3.23. The van der Waals surface area contributed by atoms with Gasteiger partial charge in [-0.2, -0.15) is 5.10 Å². The predicted molar refractivity (Wildman–Crippen MR) is 85.0 cm³/mol. The average Bonchev–Trinajstić information content (AvgIpc) is 2.80. The van der Waals surface area contributed by atoms with Gasteiger partial charge in [-0.15, -0.1) is 0 Å². The minimum absolute atomic E-state index is 0.0240. The van der Waals surface area contributed by atoms with Crippen LogP contribution in [0.25, 0.3) is 0 Å². The largest absolute Gasteiger partial charge is 0.481 e. The molecule has 0 unspecified atom stereocenters. The summed E-state index contributed by atoms with van der Waals surface area (Å²) in [5.41, 5.74) is 0.843. The summed E-state index contributed by atoms with van der Waals surface area (Å²) in [5.74, 6) is -1.56. The molecule has 1 aromatic heterocycles. The van der Waals surface area contributed by atoms with Crippen molar-refractivity contribution in [1.29, 1.82) is 0 Å². The molecular weight excluding hydrogens is 316 g/mol. The third-order valence-electron chi connectivity index (χ3n) is 3.40. The third kappa shape index (κ3) is 3.75. The maximum Gasteiger partial charge on any atom is 0.322 e. The zero-order chi connectivity index (χ0) is 17.9. The van der Waals surface area contributed by atoms with Gasteiger partial charge in [0.05, 0.1) is 4.92 Å². The standard InChI is InChI=1S/C15H16N4O5/c1-9-13(19(23)24)14(18(2)17-9)15(22)16-11-5-3-4-10(8-11)6-7-12(20)21/h3-5,8H,6-7H2,1-2H3,(H,16,22)(H,20,21). The number of carboxylic acid groups (broad SMARTS) is 1. The summed E-state index contributed by atoms with van der Waals surface area (Å²) in [7, 11) is 1.46. The van der Waals surface area contributed by atoms with Crippen LogP contribution in [0.5, 0.6) is 0 Å². The number of aliphatic carboxylic acids is 1. The zero-order valence-corrected chi connectivity index (χ0v) is 13.1. The second-order valence-electron chi connectivity index (χ2n) is 5.21. The van der Waals surface area contributed by atoms with Crippen molar-refractivity contribution in [1.82, 2.24) is 9.78 Å². The molecule has 0 fully saturated rings. The molecule has 9 heteroatoms. The maximum absolute atomic E-state index is 12.4. The number of nitrogens with zero attached hydrogens (tertiary/aromatic N) is 3. The molecule has 126 valence electrons. The molecule has 0 aliphatic rings. The second kappa shape index (κ2) is 6.90. The van der Waals surface area contributed by atoms with Crippen LogP contribution in [0.2, 0.25) is 0 Å². The van der Waals surface area contributed by atoms with Crippen LogP contribution >= 0.6 is 0 Å². The van der Waals surface area contributed by atoms with Crippen LogP contribution in [0.15, 0.2) is 24.3 Å². The van der Waals surface area contributed by atoms with E-state index in [2.05, 4.69) is 10.4 Å². The molecule has 9 nitrogen and oxygen atoms in total. The maximum atomic E-state index is 12.4. The Bertz CT molecular complexity index is 812. The first kappa shape index (κ1) is 17.1. The van der Waals surface area contributed by atoms with Crippen molar-refractivity contribution >= 4 is 23.3 Å². The van der Waals surface area contributed by atoms with Crippen LogP contribution in [0, 0.1) is 17.0 Å². The van der Waals surface area contributed by atoms with E-state index < -0.39 is 16.8 Å². The van der Waals surface area contributed by atoms with Gasteiger partial charge in [0.2, 0.25) is 5.69 Å². The van der Waals surface area contributed by atoms with Gasteiger partial charge in [0, 0.05) is 19.2 Å². The summed E-state index contributed by atoms with van der Waals surface area (Å²) in [5, 5.41) is 26.3. The highest BCUT2D eigenvalue weighted by molar-refractivity contribution is 6.06. The molecule has 2 N–H and O–H groups in total. The molecular formula is C15H16N4O5. The first-order valence-electron chi connectivity index (χ1n) is 7.09. The van der Waals surface area contributed by atoms with Crippen molar-refractivity contribution in [2.75, 3.05) is 5.32 Å². The quantitative estimate of drug-likeness (QED) is 0.614. The Morgan fingerprint density at radius 3 is 2.75 bits per heavy atom. The van der Waals surface area contributed by atoms with Gasteiger partial charge < -0.3 is 10.4 Å². The van der Waals surface area contributed by atoms with Crippen molar-refractivity contribution in [3.05, 3.63) is 51.3 Å². The highest BCUT2D eigenvalue weighted by atomic mass is 16.6. The molecule has 0 bridgehead atoms. The lowest BCUT2D eigenvalue weighted by Gasteiger charge is -2.07. The van der Waals surface area contributed by atoms with E-state index in [9.17, 15) is 19.7 Å². The molecule has 0 saturated heterocycles. The van der Waals surface area contributed by atoms with Gasteiger partial charge in [0.15, 0.2) is 0 Å². The van der Waals surface area contributed by atoms with E-state index >= 15 is 0 Å². The fraction of sp³-hybridized carbons (Fsp3) is 0.267. The van der Waals surface area contributed by atoms with Gasteiger partial charge >= 0.3 is 11.7 Å². The van der Waals surface area contributed by atoms with Crippen LogP contribution in [-0.4, -0.2) is 31.7 Å². The van der Waals surface area contributed by atoms with E-state index in [1.807, 2.05) is 0 Å². The van der Waals surface area contributed by atoms with Crippen molar-refractivity contribution in [3.8, 4) is 0 Å². The molecule has 0 atom stereocenters. The van der Waals surface area contributed by atoms with E-state index in [0.717, 1.165) is 10.2 Å². The summed E-state index contributed by atoms with van der Waals surface area (Å²) in [6.45, 7) is 1.46. The Morgan fingerprint density at radius 1 is 1.42 bits per heavy atom. The Balaban J connectivity index is 2.23. The summed E-state index contributed by atoms with van der Waals surface area (Å²) >= 11 is 0. The van der Waals surface area contributed by atoms with Gasteiger partial charge in [0.1, 0.15) is 5.69 Å². The Kier molecular flexibility index (Phi) is 4.93.